The molecule has 3 N–H and O–H groups in total. The molecule has 0 aliphatic carbocycles. The van der Waals surface area contributed by atoms with Gasteiger partial charge in [0.05, 0.1) is 36.4 Å². The number of aliphatic hydroxyl groups is 1. The Morgan fingerprint density at radius 2 is 2.06 bits per heavy atom. The zero-order valence-corrected chi connectivity index (χ0v) is 19.2. The molecule has 0 saturated carbocycles. The number of hydrogen-bond acceptors (Lipinski definition) is 7. The summed E-state index contributed by atoms with van der Waals surface area (Å²) in [6.45, 7) is 1.97. The van der Waals surface area contributed by atoms with Gasteiger partial charge in [-0.15, -0.1) is 0 Å². The first-order chi connectivity index (χ1) is 16.5. The van der Waals surface area contributed by atoms with Crippen LogP contribution in [-0.4, -0.2) is 45.1 Å². The van der Waals surface area contributed by atoms with Gasteiger partial charge in [-0.3, -0.25) is 9.78 Å². The topological polar surface area (TPSA) is 113 Å². The molecule has 4 rings (SSSR count). The van der Waals surface area contributed by atoms with Gasteiger partial charge in [-0.05, 0) is 43.5 Å². The van der Waals surface area contributed by atoms with Gasteiger partial charge in [-0.25, -0.2) is 4.98 Å². The fraction of sp³-hybridized carbons (Fsp3) is 0.308. The molecule has 1 fully saturated rings. The lowest BCUT2D eigenvalue weighted by molar-refractivity contribution is 0.00545. The van der Waals surface area contributed by atoms with Crippen LogP contribution in [0.5, 0.6) is 0 Å². The maximum atomic E-state index is 12.4. The Kier molecular flexibility index (Phi) is 7.61. The number of aromatic nitrogens is 3. The van der Waals surface area contributed by atoms with Crippen molar-refractivity contribution in [1.82, 2.24) is 19.9 Å². The Morgan fingerprint density at radius 1 is 1.24 bits per heavy atom. The largest absolute Gasteiger partial charge is 0.506 e. The van der Waals surface area contributed by atoms with Crippen LogP contribution in [0.25, 0.3) is 17.0 Å². The summed E-state index contributed by atoms with van der Waals surface area (Å²) >= 11 is 0. The quantitative estimate of drug-likeness (QED) is 0.351. The van der Waals surface area contributed by atoms with Crippen LogP contribution in [0.2, 0.25) is 0 Å². The minimum Gasteiger partial charge on any atom is -0.506 e. The normalized spacial score (nSPS) is 16.4. The van der Waals surface area contributed by atoms with Crippen molar-refractivity contribution in [2.24, 2.45) is 0 Å². The number of pyridine rings is 1. The number of allylic oxidation sites excluding steroid dienone is 1. The van der Waals surface area contributed by atoms with E-state index >= 15 is 0 Å². The second-order valence-electron chi connectivity index (χ2n) is 8.36. The fourth-order valence-electron chi connectivity index (χ4n) is 3.93. The summed E-state index contributed by atoms with van der Waals surface area (Å²) in [5.41, 5.74) is 3.37. The van der Waals surface area contributed by atoms with Crippen molar-refractivity contribution >= 4 is 11.5 Å². The number of ether oxygens (including phenoxy) is 1. The van der Waals surface area contributed by atoms with Gasteiger partial charge in [0.25, 0.3) is 5.56 Å². The molecular formula is C26H29N5O3. The van der Waals surface area contributed by atoms with Crippen LogP contribution in [0, 0.1) is 5.41 Å². The van der Waals surface area contributed by atoms with Crippen LogP contribution < -0.4 is 10.9 Å². The maximum Gasteiger partial charge on any atom is 0.250 e. The van der Waals surface area contributed by atoms with Crippen LogP contribution in [0.3, 0.4) is 0 Å². The molecule has 176 valence electrons. The number of benzene rings is 1. The third-order valence-electron chi connectivity index (χ3n) is 5.78. The van der Waals surface area contributed by atoms with E-state index in [9.17, 15) is 9.90 Å². The van der Waals surface area contributed by atoms with Crippen LogP contribution in [0.4, 0.5) is 0 Å². The van der Waals surface area contributed by atoms with E-state index in [4.69, 9.17) is 10.1 Å². The monoisotopic (exact) mass is 459 g/mol. The van der Waals surface area contributed by atoms with Crippen molar-refractivity contribution in [2.45, 2.75) is 38.5 Å². The molecule has 1 saturated heterocycles. The van der Waals surface area contributed by atoms with E-state index in [1.807, 2.05) is 31.3 Å². The molecule has 0 spiro atoms. The van der Waals surface area contributed by atoms with Crippen molar-refractivity contribution < 1.29 is 9.84 Å². The summed E-state index contributed by atoms with van der Waals surface area (Å²) in [5.74, 6) is -0.150. The van der Waals surface area contributed by atoms with Crippen LogP contribution in [0.15, 0.2) is 65.9 Å². The molecule has 2 aromatic heterocycles. The Labute approximate surface area is 198 Å². The molecule has 8 heteroatoms. The second kappa shape index (κ2) is 11.0. The third kappa shape index (κ3) is 5.84. The molecule has 1 aliphatic rings. The summed E-state index contributed by atoms with van der Waals surface area (Å²) in [6, 6.07) is 10.8. The Morgan fingerprint density at radius 3 is 2.79 bits per heavy atom. The molecule has 0 amide bonds. The Hall–Kier alpha value is -3.62. The van der Waals surface area contributed by atoms with Gasteiger partial charge >= 0.3 is 0 Å². The summed E-state index contributed by atoms with van der Waals surface area (Å²) in [6.07, 6.45) is 9.29. The van der Waals surface area contributed by atoms with E-state index in [2.05, 4.69) is 15.3 Å². The van der Waals surface area contributed by atoms with Gasteiger partial charge in [-0.2, -0.15) is 0 Å². The van der Waals surface area contributed by atoms with Gasteiger partial charge in [0.2, 0.25) is 0 Å². The minimum absolute atomic E-state index is 0.0319. The van der Waals surface area contributed by atoms with Gasteiger partial charge in [0, 0.05) is 37.1 Å². The number of nitrogens with zero attached hydrogens (tertiary/aromatic N) is 3. The smallest absolute Gasteiger partial charge is 0.250 e. The first-order valence-electron chi connectivity index (χ1n) is 11.4. The lowest BCUT2D eigenvalue weighted by Gasteiger charge is -2.23. The average Bonchev–Trinajstić information content (AvgIpc) is 2.86. The molecule has 0 radical (unpaired) electrons. The predicted molar refractivity (Wildman–Crippen MR) is 132 cm³/mol. The molecule has 1 aromatic carbocycles. The van der Waals surface area contributed by atoms with Crippen LogP contribution in [-0.2, 0) is 17.8 Å². The molecular weight excluding hydrogens is 430 g/mol. The average molecular weight is 460 g/mol. The lowest BCUT2D eigenvalue weighted by Crippen LogP contribution is -2.30. The highest BCUT2D eigenvalue weighted by Crippen LogP contribution is 2.19. The van der Waals surface area contributed by atoms with Gasteiger partial charge in [0.1, 0.15) is 11.5 Å². The maximum absolute atomic E-state index is 12.4. The van der Waals surface area contributed by atoms with Crippen molar-refractivity contribution in [3.63, 3.8) is 0 Å². The first-order valence-corrected chi connectivity index (χ1v) is 11.4. The lowest BCUT2D eigenvalue weighted by atomic mass is 10.1. The standard InChI is InChI=1S/C26H29N5O3/c1-28-13-18-5-7-19(8-6-18)22(27)12-25(32)24-15-29-14-23(30-24)20-9-10-26(33)31(16-20)17-21-4-2-3-11-34-21/h5-10,12,14-16,21,27-28,32H,2-4,11,13,17H2,1H3/b25-12-,27-22?. The fourth-order valence-corrected chi connectivity index (χ4v) is 3.93. The summed E-state index contributed by atoms with van der Waals surface area (Å²) < 4.78 is 7.42. The second-order valence-corrected chi connectivity index (χ2v) is 8.36. The highest BCUT2D eigenvalue weighted by atomic mass is 16.5. The molecule has 3 heterocycles. The number of hydrogen-bond donors (Lipinski definition) is 3. The third-order valence-corrected chi connectivity index (χ3v) is 5.78. The van der Waals surface area contributed by atoms with E-state index < -0.39 is 0 Å². The highest BCUT2D eigenvalue weighted by molar-refractivity contribution is 6.09. The SMILES string of the molecule is CNCc1ccc(C(=N)/C=C(\O)c2cncc(-c3ccc(=O)n(CC4CCCCO4)c3)n2)cc1. The molecule has 1 atom stereocenters. The molecule has 1 aliphatic heterocycles. The molecule has 34 heavy (non-hydrogen) atoms. The molecule has 1 unspecified atom stereocenters. The Bertz CT molecular complexity index is 1230. The van der Waals surface area contributed by atoms with E-state index in [0.29, 0.717) is 23.4 Å². The van der Waals surface area contributed by atoms with Crippen molar-refractivity contribution in [2.75, 3.05) is 13.7 Å². The number of nitrogens with one attached hydrogen (secondary N) is 2. The highest BCUT2D eigenvalue weighted by Gasteiger charge is 2.16. The first kappa shape index (κ1) is 23.5. The molecule has 3 aromatic rings. The van der Waals surface area contributed by atoms with E-state index in [-0.39, 0.29) is 28.8 Å². The van der Waals surface area contributed by atoms with E-state index in [0.717, 1.165) is 38.0 Å². The van der Waals surface area contributed by atoms with Gasteiger partial charge < -0.3 is 25.1 Å². The van der Waals surface area contributed by atoms with E-state index in [1.54, 1.807) is 23.0 Å². The summed E-state index contributed by atoms with van der Waals surface area (Å²) in [5, 5.41) is 22.0. The summed E-state index contributed by atoms with van der Waals surface area (Å²) in [4.78, 5) is 21.1. The number of rotatable bonds is 8. The van der Waals surface area contributed by atoms with Gasteiger partial charge in [0.15, 0.2) is 0 Å². The van der Waals surface area contributed by atoms with Gasteiger partial charge in [-0.1, -0.05) is 24.3 Å². The van der Waals surface area contributed by atoms with Crippen molar-refractivity contribution in [3.8, 4) is 11.3 Å². The summed E-state index contributed by atoms with van der Waals surface area (Å²) in [7, 11) is 1.88. The van der Waals surface area contributed by atoms with Crippen molar-refractivity contribution in [1.29, 1.82) is 5.41 Å². The minimum atomic E-state index is -0.150. The zero-order valence-electron chi connectivity index (χ0n) is 19.2. The van der Waals surface area contributed by atoms with Crippen LogP contribution in [0.1, 0.15) is 36.1 Å². The van der Waals surface area contributed by atoms with Crippen molar-refractivity contribution in [3.05, 3.63) is 88.2 Å². The Balaban J connectivity index is 1.53. The molecule has 0 bridgehead atoms. The van der Waals surface area contributed by atoms with E-state index in [1.165, 1.54) is 18.3 Å². The molecule has 8 nitrogen and oxygen atoms in total. The van der Waals surface area contributed by atoms with Crippen LogP contribution >= 0.6 is 0 Å². The zero-order chi connectivity index (χ0) is 23.9. The number of aliphatic hydroxyl groups excluding tert-OH is 1. The predicted octanol–water partition coefficient (Wildman–Crippen LogP) is 3.56.